The number of aryl methyl sites for hydroxylation is 1. The first-order chi connectivity index (χ1) is 17.3. The van der Waals surface area contributed by atoms with Gasteiger partial charge in [0.05, 0.1) is 38.6 Å². The molecule has 0 fully saturated rings. The molecule has 2 aromatic carbocycles. The summed E-state index contributed by atoms with van der Waals surface area (Å²) in [7, 11) is 2.92. The Hall–Kier alpha value is -4.01. The molecule has 0 aliphatic carbocycles. The number of nitrogens with one attached hydrogen (secondary N) is 1. The number of methoxy groups -OCH3 is 2. The number of nitrogens with zero attached hydrogens (tertiary/aromatic N) is 1. The minimum atomic E-state index is -0.633. The van der Waals surface area contributed by atoms with E-state index >= 15 is 0 Å². The smallest absolute Gasteiger partial charge is 0.340 e. The Morgan fingerprint density at radius 3 is 2.25 bits per heavy atom. The maximum Gasteiger partial charge on any atom is 0.340 e. The molecule has 0 saturated carbocycles. The number of carbonyl (C=O) groups is 3. The summed E-state index contributed by atoms with van der Waals surface area (Å²) in [4.78, 5) is 39.7. The van der Waals surface area contributed by atoms with Crippen LogP contribution in [-0.4, -0.2) is 51.8 Å². The van der Waals surface area contributed by atoms with Crippen LogP contribution < -0.4 is 19.7 Å². The van der Waals surface area contributed by atoms with Crippen molar-refractivity contribution in [2.24, 2.45) is 0 Å². The monoisotopic (exact) mass is 496 g/mol. The van der Waals surface area contributed by atoms with E-state index in [1.807, 2.05) is 18.2 Å². The first kappa shape index (κ1) is 26.6. The summed E-state index contributed by atoms with van der Waals surface area (Å²) in [6, 6.07) is 8.73. The van der Waals surface area contributed by atoms with Crippen LogP contribution in [0.25, 0.3) is 5.57 Å². The molecule has 0 radical (unpaired) electrons. The number of hydrogen-bond donors (Lipinski definition) is 1. The number of ether oxygens (including phenoxy) is 4. The van der Waals surface area contributed by atoms with E-state index in [9.17, 15) is 14.4 Å². The van der Waals surface area contributed by atoms with Crippen LogP contribution in [0.2, 0.25) is 0 Å². The van der Waals surface area contributed by atoms with Gasteiger partial charge >= 0.3 is 11.9 Å². The average molecular weight is 497 g/mol. The predicted molar refractivity (Wildman–Crippen MR) is 137 cm³/mol. The van der Waals surface area contributed by atoms with E-state index in [1.54, 1.807) is 31.7 Å². The van der Waals surface area contributed by atoms with Crippen molar-refractivity contribution >= 4 is 34.8 Å². The average Bonchev–Trinajstić information content (AvgIpc) is 2.88. The highest BCUT2D eigenvalue weighted by molar-refractivity contribution is 6.19. The second-order valence-corrected chi connectivity index (χ2v) is 8.01. The summed E-state index contributed by atoms with van der Waals surface area (Å²) in [6.45, 7) is 5.90. The van der Waals surface area contributed by atoms with Crippen LogP contribution in [0.4, 0.5) is 11.4 Å². The fraction of sp³-hybridized carbons (Fsp3) is 0.370. The van der Waals surface area contributed by atoms with Crippen LogP contribution in [-0.2, 0) is 25.5 Å². The molecule has 2 aromatic rings. The molecule has 0 bridgehead atoms. The fourth-order valence-corrected chi connectivity index (χ4v) is 4.08. The Morgan fingerprint density at radius 1 is 0.972 bits per heavy atom. The molecule has 1 amide bonds. The third-order valence-corrected chi connectivity index (χ3v) is 5.77. The van der Waals surface area contributed by atoms with Crippen LogP contribution in [0.3, 0.4) is 0 Å². The van der Waals surface area contributed by atoms with Crippen molar-refractivity contribution in [3.63, 3.8) is 0 Å². The van der Waals surface area contributed by atoms with Crippen molar-refractivity contribution in [1.82, 2.24) is 0 Å². The predicted octanol–water partition coefficient (Wildman–Crippen LogP) is 4.20. The second-order valence-electron chi connectivity index (χ2n) is 8.01. The summed E-state index contributed by atoms with van der Waals surface area (Å²) in [5.74, 6) is -0.623. The number of amides is 1. The van der Waals surface area contributed by atoms with Crippen LogP contribution in [0.1, 0.15) is 48.7 Å². The highest BCUT2D eigenvalue weighted by Crippen LogP contribution is 2.35. The molecule has 9 nitrogen and oxygen atoms in total. The SMILES string of the molecule is CCOC(=O)C(=CNc1ccc2c(c1)N(C(C)=O)CCC2)c1cc(OC)c(OC)cc1C(=O)OCC. The number of anilines is 2. The first-order valence-electron chi connectivity index (χ1n) is 11.8. The quantitative estimate of drug-likeness (QED) is 0.407. The molecule has 0 atom stereocenters. The topological polar surface area (TPSA) is 103 Å². The highest BCUT2D eigenvalue weighted by Gasteiger charge is 2.25. The van der Waals surface area contributed by atoms with Gasteiger partial charge in [-0.25, -0.2) is 9.59 Å². The van der Waals surface area contributed by atoms with E-state index in [-0.39, 0.29) is 35.8 Å². The first-order valence-corrected chi connectivity index (χ1v) is 11.8. The third kappa shape index (κ3) is 5.79. The summed E-state index contributed by atoms with van der Waals surface area (Å²) < 4.78 is 21.3. The molecule has 9 heteroatoms. The number of hydrogen-bond acceptors (Lipinski definition) is 8. The van der Waals surface area contributed by atoms with Gasteiger partial charge in [0.15, 0.2) is 11.5 Å². The number of rotatable bonds is 9. The molecule has 0 unspecified atom stereocenters. The van der Waals surface area contributed by atoms with Gasteiger partial charge in [0.1, 0.15) is 0 Å². The van der Waals surface area contributed by atoms with Gasteiger partial charge < -0.3 is 29.2 Å². The lowest BCUT2D eigenvalue weighted by Gasteiger charge is -2.29. The van der Waals surface area contributed by atoms with Gasteiger partial charge in [-0.1, -0.05) is 6.07 Å². The van der Waals surface area contributed by atoms with E-state index in [1.165, 1.54) is 26.5 Å². The van der Waals surface area contributed by atoms with Crippen molar-refractivity contribution in [1.29, 1.82) is 0 Å². The van der Waals surface area contributed by atoms with Gasteiger partial charge in [0, 0.05) is 36.6 Å². The lowest BCUT2D eigenvalue weighted by atomic mass is 9.98. The minimum absolute atomic E-state index is 0.0275. The summed E-state index contributed by atoms with van der Waals surface area (Å²) >= 11 is 0. The maximum atomic E-state index is 13.0. The molecule has 192 valence electrons. The molecular weight excluding hydrogens is 464 g/mol. The van der Waals surface area contributed by atoms with Gasteiger partial charge in [-0.15, -0.1) is 0 Å². The van der Waals surface area contributed by atoms with Crippen LogP contribution >= 0.6 is 0 Å². The normalized spacial score (nSPS) is 12.9. The highest BCUT2D eigenvalue weighted by atomic mass is 16.5. The summed E-state index contributed by atoms with van der Waals surface area (Å²) in [5.41, 5.74) is 3.08. The molecule has 36 heavy (non-hydrogen) atoms. The Morgan fingerprint density at radius 2 is 1.64 bits per heavy atom. The Kier molecular flexibility index (Phi) is 8.94. The van der Waals surface area contributed by atoms with Gasteiger partial charge in [-0.3, -0.25) is 4.79 Å². The van der Waals surface area contributed by atoms with Crippen molar-refractivity contribution in [3.05, 3.63) is 53.2 Å². The molecular formula is C27H32N2O7. The molecule has 0 saturated heterocycles. The minimum Gasteiger partial charge on any atom is -0.493 e. The van der Waals surface area contributed by atoms with E-state index in [0.717, 1.165) is 24.1 Å². The molecule has 1 N–H and O–H groups in total. The van der Waals surface area contributed by atoms with Crippen molar-refractivity contribution < 1.29 is 33.3 Å². The van der Waals surface area contributed by atoms with E-state index in [0.29, 0.717) is 23.7 Å². The Balaban J connectivity index is 2.10. The zero-order chi connectivity index (χ0) is 26.2. The van der Waals surface area contributed by atoms with E-state index in [4.69, 9.17) is 18.9 Å². The van der Waals surface area contributed by atoms with Gasteiger partial charge in [0.2, 0.25) is 5.91 Å². The molecule has 1 heterocycles. The van der Waals surface area contributed by atoms with E-state index < -0.39 is 11.9 Å². The number of benzene rings is 2. The van der Waals surface area contributed by atoms with Crippen molar-refractivity contribution in [3.8, 4) is 11.5 Å². The van der Waals surface area contributed by atoms with Crippen molar-refractivity contribution in [2.75, 3.05) is 44.2 Å². The lowest BCUT2D eigenvalue weighted by Crippen LogP contribution is -2.33. The number of esters is 2. The molecule has 0 spiro atoms. The Labute approximate surface area is 211 Å². The van der Waals surface area contributed by atoms with Crippen LogP contribution in [0.15, 0.2) is 36.5 Å². The molecule has 1 aliphatic heterocycles. The second kappa shape index (κ2) is 12.1. The Bertz CT molecular complexity index is 1170. The van der Waals surface area contributed by atoms with Gasteiger partial charge in [-0.05, 0) is 56.5 Å². The number of fused-ring (bicyclic) bond motifs is 1. The fourth-order valence-electron chi connectivity index (χ4n) is 4.08. The van der Waals surface area contributed by atoms with E-state index in [2.05, 4.69) is 5.32 Å². The van der Waals surface area contributed by atoms with Crippen LogP contribution in [0.5, 0.6) is 11.5 Å². The van der Waals surface area contributed by atoms with Crippen LogP contribution in [0, 0.1) is 0 Å². The number of carbonyl (C=O) groups excluding carboxylic acids is 3. The third-order valence-electron chi connectivity index (χ3n) is 5.77. The zero-order valence-electron chi connectivity index (χ0n) is 21.3. The van der Waals surface area contributed by atoms with Gasteiger partial charge in [-0.2, -0.15) is 0 Å². The largest absolute Gasteiger partial charge is 0.493 e. The standard InChI is InChI=1S/C27H32N2O7/c1-6-35-26(31)21-15-25(34-5)24(33-4)14-20(21)22(27(32)36-7-2)16-28-19-11-10-18-9-8-12-29(17(3)30)23(18)13-19/h10-11,13-16,28H,6-9,12H2,1-5H3. The summed E-state index contributed by atoms with van der Waals surface area (Å²) in [5, 5.41) is 3.13. The summed E-state index contributed by atoms with van der Waals surface area (Å²) in [6.07, 6.45) is 3.27. The molecule has 0 aromatic heterocycles. The lowest BCUT2D eigenvalue weighted by molar-refractivity contribution is -0.136. The molecule has 1 aliphatic rings. The molecule has 3 rings (SSSR count). The van der Waals surface area contributed by atoms with Gasteiger partial charge in [0.25, 0.3) is 0 Å². The zero-order valence-corrected chi connectivity index (χ0v) is 21.3. The van der Waals surface area contributed by atoms with Crippen molar-refractivity contribution in [2.45, 2.75) is 33.6 Å². The maximum absolute atomic E-state index is 13.0.